The van der Waals surface area contributed by atoms with E-state index in [0.29, 0.717) is 36.0 Å². The number of rotatable bonds is 9. The average Bonchev–Trinajstić information content (AvgIpc) is 2.86. The second kappa shape index (κ2) is 10.7. The Hall–Kier alpha value is -4.00. The molecule has 3 aromatic carbocycles. The molecular formula is C27H28N2O5. The number of ether oxygens (including phenoxy) is 3. The first kappa shape index (κ1) is 23.2. The SMILES string of the molecule is CCc1ccc(OCC(=O)Nc2ccc3c(c2)N(CCOc2ccccc2)C(=O)C(C)O3)cc1. The first-order valence-corrected chi connectivity index (χ1v) is 11.3. The van der Waals surface area contributed by atoms with Crippen LogP contribution in [-0.4, -0.2) is 37.7 Å². The summed E-state index contributed by atoms with van der Waals surface area (Å²) in [4.78, 5) is 26.9. The lowest BCUT2D eigenvalue weighted by atomic mass is 10.1. The summed E-state index contributed by atoms with van der Waals surface area (Å²) < 4.78 is 17.1. The van der Waals surface area contributed by atoms with Crippen LogP contribution in [0.15, 0.2) is 72.8 Å². The zero-order valence-corrected chi connectivity index (χ0v) is 19.3. The van der Waals surface area contributed by atoms with Gasteiger partial charge in [-0.25, -0.2) is 0 Å². The van der Waals surface area contributed by atoms with Crippen LogP contribution in [0.25, 0.3) is 0 Å². The van der Waals surface area contributed by atoms with Gasteiger partial charge in [0.15, 0.2) is 12.7 Å². The quantitative estimate of drug-likeness (QED) is 0.510. The molecule has 0 aliphatic carbocycles. The maximum atomic E-state index is 12.8. The van der Waals surface area contributed by atoms with E-state index in [4.69, 9.17) is 14.2 Å². The molecule has 7 nitrogen and oxygen atoms in total. The zero-order valence-electron chi connectivity index (χ0n) is 19.3. The zero-order chi connectivity index (χ0) is 23.9. The van der Waals surface area contributed by atoms with E-state index >= 15 is 0 Å². The summed E-state index contributed by atoms with van der Waals surface area (Å²) in [5.41, 5.74) is 2.35. The molecule has 7 heteroatoms. The van der Waals surface area contributed by atoms with Crippen LogP contribution in [0.4, 0.5) is 11.4 Å². The van der Waals surface area contributed by atoms with Crippen molar-refractivity contribution in [3.63, 3.8) is 0 Å². The maximum absolute atomic E-state index is 12.8. The van der Waals surface area contributed by atoms with Gasteiger partial charge in [-0.15, -0.1) is 0 Å². The molecule has 0 fully saturated rings. The summed E-state index contributed by atoms with van der Waals surface area (Å²) in [7, 11) is 0. The largest absolute Gasteiger partial charge is 0.492 e. The summed E-state index contributed by atoms with van der Waals surface area (Å²) in [6, 6.07) is 22.3. The van der Waals surface area contributed by atoms with Crippen LogP contribution in [-0.2, 0) is 16.0 Å². The Balaban J connectivity index is 1.39. The number of fused-ring (bicyclic) bond motifs is 1. The first-order valence-electron chi connectivity index (χ1n) is 11.3. The summed E-state index contributed by atoms with van der Waals surface area (Å²) >= 11 is 0. The molecule has 1 N–H and O–H groups in total. The molecule has 34 heavy (non-hydrogen) atoms. The van der Waals surface area contributed by atoms with E-state index in [2.05, 4.69) is 12.2 Å². The van der Waals surface area contributed by atoms with Crippen molar-refractivity contribution in [3.05, 3.63) is 78.4 Å². The topological polar surface area (TPSA) is 77.1 Å². The third-order valence-electron chi connectivity index (χ3n) is 5.48. The summed E-state index contributed by atoms with van der Waals surface area (Å²) in [6.45, 7) is 4.35. The van der Waals surface area contributed by atoms with Crippen molar-refractivity contribution in [1.29, 1.82) is 0 Å². The van der Waals surface area contributed by atoms with Crippen molar-refractivity contribution in [1.82, 2.24) is 0 Å². The van der Waals surface area contributed by atoms with Gasteiger partial charge in [0.25, 0.3) is 11.8 Å². The number of amides is 2. The van der Waals surface area contributed by atoms with E-state index in [1.54, 1.807) is 30.0 Å². The molecule has 0 saturated heterocycles. The highest BCUT2D eigenvalue weighted by molar-refractivity contribution is 6.01. The van der Waals surface area contributed by atoms with E-state index < -0.39 is 6.10 Å². The van der Waals surface area contributed by atoms with Crippen LogP contribution < -0.4 is 24.4 Å². The summed E-state index contributed by atoms with van der Waals surface area (Å²) in [6.07, 6.45) is 0.344. The number of hydrogen-bond acceptors (Lipinski definition) is 5. The Bertz CT molecular complexity index is 1130. The van der Waals surface area contributed by atoms with Crippen LogP contribution in [0.5, 0.6) is 17.2 Å². The number of nitrogens with one attached hydrogen (secondary N) is 1. The molecule has 176 valence electrons. The molecule has 2 amide bonds. The Morgan fingerprint density at radius 2 is 1.74 bits per heavy atom. The first-order chi connectivity index (χ1) is 16.5. The number of hydrogen-bond donors (Lipinski definition) is 1. The van der Waals surface area contributed by atoms with Gasteiger partial charge in [0.2, 0.25) is 0 Å². The molecule has 1 heterocycles. The molecule has 1 unspecified atom stereocenters. The lowest BCUT2D eigenvalue weighted by Crippen LogP contribution is -2.46. The van der Waals surface area contributed by atoms with Gasteiger partial charge in [0.05, 0.1) is 12.2 Å². The summed E-state index contributed by atoms with van der Waals surface area (Å²) in [5, 5.41) is 2.82. The molecule has 1 atom stereocenters. The smallest absolute Gasteiger partial charge is 0.267 e. The van der Waals surface area contributed by atoms with Crippen LogP contribution in [0.3, 0.4) is 0 Å². The molecule has 0 spiro atoms. The predicted octanol–water partition coefficient (Wildman–Crippen LogP) is 4.46. The van der Waals surface area contributed by atoms with Gasteiger partial charge in [-0.3, -0.25) is 9.59 Å². The van der Waals surface area contributed by atoms with Crippen LogP contribution in [0.1, 0.15) is 19.4 Å². The number of nitrogens with zero attached hydrogens (tertiary/aromatic N) is 1. The van der Waals surface area contributed by atoms with Gasteiger partial charge in [-0.05, 0) is 61.4 Å². The van der Waals surface area contributed by atoms with Gasteiger partial charge in [0, 0.05) is 5.69 Å². The molecule has 0 bridgehead atoms. The minimum Gasteiger partial charge on any atom is -0.492 e. The van der Waals surface area contributed by atoms with Crippen LogP contribution in [0.2, 0.25) is 0 Å². The van der Waals surface area contributed by atoms with E-state index in [9.17, 15) is 9.59 Å². The van der Waals surface area contributed by atoms with Crippen molar-refractivity contribution in [2.24, 2.45) is 0 Å². The predicted molar refractivity (Wildman–Crippen MR) is 131 cm³/mol. The Morgan fingerprint density at radius 1 is 1.00 bits per heavy atom. The van der Waals surface area contributed by atoms with Gasteiger partial charge in [-0.2, -0.15) is 0 Å². The number of carbonyl (C=O) groups excluding carboxylic acids is 2. The lowest BCUT2D eigenvalue weighted by Gasteiger charge is -2.33. The van der Waals surface area contributed by atoms with E-state index in [1.807, 2.05) is 54.6 Å². The fourth-order valence-corrected chi connectivity index (χ4v) is 3.65. The van der Waals surface area contributed by atoms with Crippen molar-refractivity contribution < 1.29 is 23.8 Å². The Labute approximate surface area is 199 Å². The number of para-hydroxylation sites is 1. The number of carbonyl (C=O) groups is 2. The molecule has 0 radical (unpaired) electrons. The fraction of sp³-hybridized carbons (Fsp3) is 0.259. The highest BCUT2D eigenvalue weighted by Gasteiger charge is 2.31. The third kappa shape index (κ3) is 5.67. The van der Waals surface area contributed by atoms with Gasteiger partial charge >= 0.3 is 0 Å². The third-order valence-corrected chi connectivity index (χ3v) is 5.48. The van der Waals surface area contributed by atoms with E-state index in [-0.39, 0.29) is 18.4 Å². The van der Waals surface area contributed by atoms with Crippen LogP contribution in [0, 0.1) is 0 Å². The number of benzene rings is 3. The van der Waals surface area contributed by atoms with E-state index in [1.165, 1.54) is 5.56 Å². The van der Waals surface area contributed by atoms with Crippen molar-refractivity contribution in [3.8, 4) is 17.2 Å². The van der Waals surface area contributed by atoms with Crippen LogP contribution >= 0.6 is 0 Å². The van der Waals surface area contributed by atoms with Gasteiger partial charge < -0.3 is 24.4 Å². The minimum atomic E-state index is -0.600. The van der Waals surface area contributed by atoms with Gasteiger partial charge in [-0.1, -0.05) is 37.3 Å². The van der Waals surface area contributed by atoms with Crippen molar-refractivity contribution >= 4 is 23.2 Å². The number of anilines is 2. The Morgan fingerprint density at radius 3 is 2.47 bits per heavy atom. The Kier molecular flexibility index (Phi) is 7.32. The second-order valence-corrected chi connectivity index (χ2v) is 7.93. The second-order valence-electron chi connectivity index (χ2n) is 7.93. The molecule has 3 aromatic rings. The molecular weight excluding hydrogens is 432 g/mol. The average molecular weight is 461 g/mol. The molecule has 4 rings (SSSR count). The fourth-order valence-electron chi connectivity index (χ4n) is 3.65. The highest BCUT2D eigenvalue weighted by atomic mass is 16.5. The molecule has 0 aromatic heterocycles. The van der Waals surface area contributed by atoms with Crippen molar-refractivity contribution in [2.75, 3.05) is 30.0 Å². The monoisotopic (exact) mass is 460 g/mol. The summed E-state index contributed by atoms with van der Waals surface area (Å²) in [5.74, 6) is 1.50. The van der Waals surface area contributed by atoms with Crippen molar-refractivity contribution in [2.45, 2.75) is 26.4 Å². The van der Waals surface area contributed by atoms with Gasteiger partial charge in [0.1, 0.15) is 23.9 Å². The number of aryl methyl sites for hydroxylation is 1. The highest BCUT2D eigenvalue weighted by Crippen LogP contribution is 2.36. The normalized spacial score (nSPS) is 14.7. The van der Waals surface area contributed by atoms with E-state index in [0.717, 1.165) is 12.2 Å². The molecule has 1 aliphatic heterocycles. The molecule has 1 aliphatic rings. The standard InChI is InChI=1S/C27H28N2O5/c1-3-20-9-12-23(13-10-20)33-18-26(30)28-21-11-14-25-24(17-21)29(27(31)19(2)34-25)15-16-32-22-7-5-4-6-8-22/h4-14,17,19H,3,15-16,18H2,1-2H3,(H,28,30). The lowest BCUT2D eigenvalue weighted by molar-refractivity contribution is -0.125. The minimum absolute atomic E-state index is 0.121. The molecule has 0 saturated carbocycles. The maximum Gasteiger partial charge on any atom is 0.267 e.